The van der Waals surface area contributed by atoms with E-state index in [0.717, 1.165) is 22.7 Å². The lowest BCUT2D eigenvalue weighted by Gasteiger charge is -2.26. The molecule has 0 saturated carbocycles. The maximum Gasteiger partial charge on any atom is 0.254 e. The minimum absolute atomic E-state index is 0.242. The van der Waals surface area contributed by atoms with E-state index < -0.39 is 10.0 Å². The van der Waals surface area contributed by atoms with Gasteiger partial charge in [-0.1, -0.05) is 23.7 Å². The van der Waals surface area contributed by atoms with Crippen LogP contribution in [0.25, 0.3) is 16.9 Å². The molecule has 0 bridgehead atoms. The van der Waals surface area contributed by atoms with Crippen LogP contribution in [0.15, 0.2) is 66.0 Å². The molecule has 5 rings (SSSR count). The Morgan fingerprint density at radius 2 is 1.71 bits per heavy atom. The van der Waals surface area contributed by atoms with Gasteiger partial charge in [-0.15, -0.1) is 0 Å². The summed E-state index contributed by atoms with van der Waals surface area (Å²) in [5.74, 6) is 2.08. The molecule has 4 aromatic rings. The smallest absolute Gasteiger partial charge is 0.254 e. The Labute approximate surface area is 202 Å². The number of hydrogen-bond donors (Lipinski definition) is 0. The third kappa shape index (κ3) is 4.20. The van der Waals surface area contributed by atoms with Crippen molar-refractivity contribution < 1.29 is 13.2 Å². The number of methoxy groups -OCH3 is 1. The van der Waals surface area contributed by atoms with Gasteiger partial charge in [0.1, 0.15) is 17.9 Å². The van der Waals surface area contributed by atoms with Gasteiger partial charge in [0.05, 0.1) is 12.0 Å². The number of nitrogens with zero attached hydrogens (tertiary/aromatic N) is 6. The van der Waals surface area contributed by atoms with E-state index in [-0.39, 0.29) is 4.90 Å². The first-order valence-corrected chi connectivity index (χ1v) is 12.6. The van der Waals surface area contributed by atoms with Crippen molar-refractivity contribution in [1.82, 2.24) is 23.9 Å². The van der Waals surface area contributed by atoms with Crippen LogP contribution in [0.1, 0.15) is 6.42 Å². The molecule has 1 saturated heterocycles. The molecule has 34 heavy (non-hydrogen) atoms. The fourth-order valence-electron chi connectivity index (χ4n) is 4.15. The topological polar surface area (TPSA) is 92.9 Å². The summed E-state index contributed by atoms with van der Waals surface area (Å²) in [6.45, 7) is 1.92. The third-order valence-corrected chi connectivity index (χ3v) is 8.05. The van der Waals surface area contributed by atoms with Crippen molar-refractivity contribution in [2.75, 3.05) is 38.2 Å². The van der Waals surface area contributed by atoms with E-state index in [1.54, 1.807) is 42.1 Å². The van der Waals surface area contributed by atoms with Crippen LogP contribution in [-0.4, -0.2) is 65.6 Å². The molecule has 9 nitrogen and oxygen atoms in total. The highest BCUT2D eigenvalue weighted by Crippen LogP contribution is 2.32. The van der Waals surface area contributed by atoms with Crippen molar-refractivity contribution in [1.29, 1.82) is 0 Å². The second-order valence-corrected chi connectivity index (χ2v) is 10.3. The fourth-order valence-corrected chi connectivity index (χ4v) is 5.74. The first-order chi connectivity index (χ1) is 16.5. The molecule has 0 spiro atoms. The van der Waals surface area contributed by atoms with Crippen LogP contribution >= 0.6 is 11.6 Å². The molecule has 0 unspecified atom stereocenters. The summed E-state index contributed by atoms with van der Waals surface area (Å²) in [7, 11) is -1.99. The SMILES string of the molecule is COc1ccc(-c2cnc3ncnn3c2N2CCCN(S(=O)(=O)c3ccc(Cl)cc3)CC2)cc1. The number of fused-ring (bicyclic) bond motifs is 1. The summed E-state index contributed by atoms with van der Waals surface area (Å²) in [6.07, 6.45) is 3.92. The predicted molar refractivity (Wildman–Crippen MR) is 130 cm³/mol. The number of aromatic nitrogens is 4. The molecule has 0 amide bonds. The third-order valence-electron chi connectivity index (χ3n) is 5.89. The Morgan fingerprint density at radius 1 is 0.941 bits per heavy atom. The number of hydrogen-bond acceptors (Lipinski definition) is 7. The number of anilines is 1. The van der Waals surface area contributed by atoms with E-state index in [2.05, 4.69) is 20.0 Å². The molecule has 176 valence electrons. The molecule has 3 heterocycles. The highest BCUT2D eigenvalue weighted by atomic mass is 35.5. The van der Waals surface area contributed by atoms with Crippen molar-refractivity contribution in [2.45, 2.75) is 11.3 Å². The van der Waals surface area contributed by atoms with Crippen LogP contribution in [0, 0.1) is 0 Å². The Balaban J connectivity index is 1.48. The highest BCUT2D eigenvalue weighted by Gasteiger charge is 2.29. The van der Waals surface area contributed by atoms with Crippen molar-refractivity contribution >= 4 is 33.2 Å². The summed E-state index contributed by atoms with van der Waals surface area (Å²) in [5.41, 5.74) is 1.84. The van der Waals surface area contributed by atoms with Gasteiger partial charge in [0, 0.05) is 43.0 Å². The van der Waals surface area contributed by atoms with Gasteiger partial charge in [-0.2, -0.15) is 18.9 Å². The first-order valence-electron chi connectivity index (χ1n) is 10.8. The van der Waals surface area contributed by atoms with Gasteiger partial charge in [-0.05, 0) is 48.4 Å². The van der Waals surface area contributed by atoms with Crippen LogP contribution in [0.2, 0.25) is 5.02 Å². The average molecular weight is 499 g/mol. The van der Waals surface area contributed by atoms with Crippen LogP contribution in [-0.2, 0) is 10.0 Å². The Bertz CT molecular complexity index is 1410. The predicted octanol–water partition coefficient (Wildman–Crippen LogP) is 3.35. The van der Waals surface area contributed by atoms with Gasteiger partial charge in [0.2, 0.25) is 10.0 Å². The van der Waals surface area contributed by atoms with E-state index in [1.807, 2.05) is 24.3 Å². The largest absolute Gasteiger partial charge is 0.497 e. The van der Waals surface area contributed by atoms with Crippen LogP contribution in [0.3, 0.4) is 0 Å². The quantitative estimate of drug-likeness (QED) is 0.416. The van der Waals surface area contributed by atoms with Gasteiger partial charge in [-0.25, -0.2) is 13.4 Å². The molecule has 0 radical (unpaired) electrons. The maximum absolute atomic E-state index is 13.2. The summed E-state index contributed by atoms with van der Waals surface area (Å²) in [5, 5.41) is 4.90. The second-order valence-electron chi connectivity index (χ2n) is 7.89. The van der Waals surface area contributed by atoms with Gasteiger partial charge in [-0.3, -0.25) is 0 Å². The maximum atomic E-state index is 13.2. The molecule has 0 N–H and O–H groups in total. The van der Waals surface area contributed by atoms with E-state index in [9.17, 15) is 8.42 Å². The lowest BCUT2D eigenvalue weighted by Crippen LogP contribution is -2.35. The number of ether oxygens (including phenoxy) is 1. The fraction of sp³-hybridized carbons (Fsp3) is 0.261. The lowest BCUT2D eigenvalue weighted by molar-refractivity contribution is 0.415. The van der Waals surface area contributed by atoms with E-state index >= 15 is 0 Å². The number of sulfonamides is 1. The van der Waals surface area contributed by atoms with Gasteiger partial charge in [0.15, 0.2) is 0 Å². The normalized spacial score (nSPS) is 15.4. The van der Waals surface area contributed by atoms with E-state index in [1.165, 1.54) is 10.6 Å². The zero-order chi connectivity index (χ0) is 23.7. The molecule has 2 aromatic heterocycles. The first kappa shape index (κ1) is 22.6. The van der Waals surface area contributed by atoms with Gasteiger partial charge >= 0.3 is 0 Å². The standard InChI is InChI=1S/C23H23ClN6O3S/c1-33-19-7-3-17(4-8-19)21-15-25-23-26-16-27-30(23)22(21)28-11-2-12-29(14-13-28)34(31,32)20-9-5-18(24)6-10-20/h3-10,15-16H,2,11-14H2,1H3. The van der Waals surface area contributed by atoms with Crippen molar-refractivity contribution in [3.05, 3.63) is 66.1 Å². The van der Waals surface area contributed by atoms with Crippen molar-refractivity contribution in [2.24, 2.45) is 0 Å². The molecule has 11 heteroatoms. The molecular weight excluding hydrogens is 476 g/mol. The van der Waals surface area contributed by atoms with Gasteiger partial charge in [0.25, 0.3) is 5.78 Å². The summed E-state index contributed by atoms with van der Waals surface area (Å²) in [4.78, 5) is 11.1. The number of rotatable bonds is 5. The molecule has 1 fully saturated rings. The molecule has 2 aromatic carbocycles. The molecule has 1 aliphatic rings. The van der Waals surface area contributed by atoms with E-state index in [4.69, 9.17) is 16.3 Å². The zero-order valence-electron chi connectivity index (χ0n) is 18.5. The summed E-state index contributed by atoms with van der Waals surface area (Å²) < 4.78 is 35.0. The summed E-state index contributed by atoms with van der Waals surface area (Å²) >= 11 is 5.94. The summed E-state index contributed by atoms with van der Waals surface area (Å²) in [6, 6.07) is 14.0. The van der Waals surface area contributed by atoms with Crippen LogP contribution in [0.5, 0.6) is 5.75 Å². The Kier molecular flexibility index (Phi) is 6.11. The Hall–Kier alpha value is -3.21. The minimum Gasteiger partial charge on any atom is -0.497 e. The molecule has 0 aliphatic carbocycles. The van der Waals surface area contributed by atoms with Crippen LogP contribution < -0.4 is 9.64 Å². The molecular formula is C23H23ClN6O3S. The molecule has 1 aliphatic heterocycles. The minimum atomic E-state index is -3.62. The zero-order valence-corrected chi connectivity index (χ0v) is 20.1. The monoisotopic (exact) mass is 498 g/mol. The van der Waals surface area contributed by atoms with E-state index in [0.29, 0.717) is 43.4 Å². The number of halogens is 1. The molecule has 0 atom stereocenters. The number of benzene rings is 2. The highest BCUT2D eigenvalue weighted by molar-refractivity contribution is 7.89. The van der Waals surface area contributed by atoms with Gasteiger partial charge < -0.3 is 9.64 Å². The second kappa shape index (κ2) is 9.21. The van der Waals surface area contributed by atoms with Crippen LogP contribution in [0.4, 0.5) is 5.82 Å². The lowest BCUT2D eigenvalue weighted by atomic mass is 10.1. The Morgan fingerprint density at radius 3 is 2.44 bits per heavy atom. The van der Waals surface area contributed by atoms with Crippen molar-refractivity contribution in [3.63, 3.8) is 0 Å². The van der Waals surface area contributed by atoms with Crippen molar-refractivity contribution in [3.8, 4) is 16.9 Å². The average Bonchev–Trinajstić information content (AvgIpc) is 3.19.